The summed E-state index contributed by atoms with van der Waals surface area (Å²) in [7, 11) is 0. The summed E-state index contributed by atoms with van der Waals surface area (Å²) in [6.07, 6.45) is 0.0964. The second kappa shape index (κ2) is 5.08. The van der Waals surface area contributed by atoms with Crippen LogP contribution in [0.25, 0.3) is 0 Å². The summed E-state index contributed by atoms with van der Waals surface area (Å²) in [4.78, 5) is 11.8. The number of carbonyl (C=O) groups is 1. The van der Waals surface area contributed by atoms with Gasteiger partial charge in [-0.2, -0.15) is 0 Å². The normalized spacial score (nSPS) is 10.7. The Morgan fingerprint density at radius 1 is 1.33 bits per heavy atom. The third-order valence-electron chi connectivity index (χ3n) is 2.45. The summed E-state index contributed by atoms with van der Waals surface area (Å²) >= 11 is 0. The van der Waals surface area contributed by atoms with Crippen LogP contribution in [0.15, 0.2) is 18.2 Å². The van der Waals surface area contributed by atoms with E-state index in [0.717, 1.165) is 16.7 Å². The fraction of sp³-hybridized carbons (Fsp3) is 0.462. The van der Waals surface area contributed by atoms with E-state index in [1.54, 1.807) is 0 Å². The van der Waals surface area contributed by atoms with Crippen LogP contribution >= 0.6 is 0 Å². The van der Waals surface area contributed by atoms with Gasteiger partial charge in [0.2, 0.25) is 0 Å². The molecule has 1 aromatic carbocycles. The smallest absolute Gasteiger partial charge is 0.188 e. The monoisotopic (exact) mass is 206 g/mol. The molecule has 0 atom stereocenters. The molecule has 15 heavy (non-hydrogen) atoms. The molecule has 2 nitrogen and oxygen atoms in total. The highest BCUT2D eigenvalue weighted by Gasteiger charge is 2.10. The SMILES string of the molecule is Cc1cccc(C(=O)COC(C)C)c1C. The Labute approximate surface area is 91.3 Å². The minimum absolute atomic E-state index is 0.0601. The summed E-state index contributed by atoms with van der Waals surface area (Å²) < 4.78 is 5.30. The van der Waals surface area contributed by atoms with Gasteiger partial charge in [-0.25, -0.2) is 0 Å². The maximum Gasteiger partial charge on any atom is 0.188 e. The fourth-order valence-electron chi connectivity index (χ4n) is 1.37. The van der Waals surface area contributed by atoms with Crippen molar-refractivity contribution in [3.05, 3.63) is 34.9 Å². The number of rotatable bonds is 4. The van der Waals surface area contributed by atoms with Gasteiger partial charge in [-0.05, 0) is 38.8 Å². The molecule has 0 aliphatic rings. The zero-order chi connectivity index (χ0) is 11.4. The summed E-state index contributed by atoms with van der Waals surface area (Å²) in [5.41, 5.74) is 2.97. The number of aryl methyl sites for hydroxylation is 1. The van der Waals surface area contributed by atoms with Crippen molar-refractivity contribution in [2.45, 2.75) is 33.8 Å². The van der Waals surface area contributed by atoms with Crippen molar-refractivity contribution >= 4 is 5.78 Å². The molecule has 0 fully saturated rings. The molecule has 1 rings (SSSR count). The van der Waals surface area contributed by atoms with E-state index in [1.165, 1.54) is 0 Å². The van der Waals surface area contributed by atoms with Gasteiger partial charge >= 0.3 is 0 Å². The Bertz CT molecular complexity index is 354. The molecule has 82 valence electrons. The molecule has 0 N–H and O–H groups in total. The Kier molecular flexibility index (Phi) is 4.04. The lowest BCUT2D eigenvalue weighted by Gasteiger charge is -2.09. The van der Waals surface area contributed by atoms with E-state index in [1.807, 2.05) is 45.9 Å². The molecule has 0 aliphatic carbocycles. The average molecular weight is 206 g/mol. The summed E-state index contributed by atoms with van der Waals surface area (Å²) in [5.74, 6) is 0.0601. The van der Waals surface area contributed by atoms with E-state index in [-0.39, 0.29) is 18.5 Å². The first-order valence-corrected chi connectivity index (χ1v) is 5.23. The van der Waals surface area contributed by atoms with E-state index < -0.39 is 0 Å². The van der Waals surface area contributed by atoms with E-state index in [2.05, 4.69) is 0 Å². The maximum atomic E-state index is 11.8. The first-order chi connectivity index (χ1) is 7.02. The predicted molar refractivity (Wildman–Crippen MR) is 61.3 cm³/mol. The molecule has 0 saturated carbocycles. The van der Waals surface area contributed by atoms with Crippen molar-refractivity contribution in [3.8, 4) is 0 Å². The maximum absolute atomic E-state index is 11.8. The molecule has 0 bridgehead atoms. The minimum atomic E-state index is 0.0601. The van der Waals surface area contributed by atoms with Crippen molar-refractivity contribution in [1.29, 1.82) is 0 Å². The standard InChI is InChI=1S/C13H18O2/c1-9(2)15-8-13(14)12-7-5-6-10(3)11(12)4/h5-7,9H,8H2,1-4H3. The van der Waals surface area contributed by atoms with Crippen LogP contribution in [0.5, 0.6) is 0 Å². The van der Waals surface area contributed by atoms with Gasteiger partial charge < -0.3 is 4.74 Å². The summed E-state index contributed by atoms with van der Waals surface area (Å²) in [5, 5.41) is 0. The van der Waals surface area contributed by atoms with E-state index in [0.29, 0.717) is 0 Å². The molecular formula is C13H18O2. The van der Waals surface area contributed by atoms with Crippen LogP contribution < -0.4 is 0 Å². The topological polar surface area (TPSA) is 26.3 Å². The van der Waals surface area contributed by atoms with E-state index >= 15 is 0 Å². The first-order valence-electron chi connectivity index (χ1n) is 5.23. The van der Waals surface area contributed by atoms with Gasteiger partial charge in [-0.15, -0.1) is 0 Å². The second-order valence-electron chi connectivity index (χ2n) is 4.03. The number of carbonyl (C=O) groups excluding carboxylic acids is 1. The molecule has 0 saturated heterocycles. The quantitative estimate of drug-likeness (QED) is 0.708. The average Bonchev–Trinajstić information content (AvgIpc) is 2.18. The highest BCUT2D eigenvalue weighted by atomic mass is 16.5. The molecule has 0 aromatic heterocycles. The lowest BCUT2D eigenvalue weighted by atomic mass is 10.0. The number of benzene rings is 1. The number of hydrogen-bond acceptors (Lipinski definition) is 2. The molecule has 0 spiro atoms. The molecular weight excluding hydrogens is 188 g/mol. The zero-order valence-corrected chi connectivity index (χ0v) is 9.83. The molecule has 2 heteroatoms. The molecule has 1 aromatic rings. The number of hydrogen-bond donors (Lipinski definition) is 0. The molecule has 0 amide bonds. The van der Waals surface area contributed by atoms with Crippen LogP contribution in [0.1, 0.15) is 35.3 Å². The van der Waals surface area contributed by atoms with Crippen LogP contribution in [0.3, 0.4) is 0 Å². The number of Topliss-reactive ketones (excluding diaryl/α,β-unsaturated/α-hetero) is 1. The van der Waals surface area contributed by atoms with E-state index in [9.17, 15) is 4.79 Å². The second-order valence-corrected chi connectivity index (χ2v) is 4.03. The third-order valence-corrected chi connectivity index (χ3v) is 2.45. The van der Waals surface area contributed by atoms with Crippen LogP contribution in [-0.2, 0) is 4.74 Å². The van der Waals surface area contributed by atoms with Crippen LogP contribution in [0, 0.1) is 13.8 Å². The fourth-order valence-corrected chi connectivity index (χ4v) is 1.37. The highest BCUT2D eigenvalue weighted by molar-refractivity contribution is 5.98. The van der Waals surface area contributed by atoms with Gasteiger partial charge in [0.05, 0.1) is 6.10 Å². The van der Waals surface area contributed by atoms with Gasteiger partial charge in [0.25, 0.3) is 0 Å². The van der Waals surface area contributed by atoms with Gasteiger partial charge in [0.1, 0.15) is 6.61 Å². The molecule has 0 unspecified atom stereocenters. The Morgan fingerprint density at radius 2 is 2.00 bits per heavy atom. The van der Waals surface area contributed by atoms with Crippen LogP contribution in [-0.4, -0.2) is 18.5 Å². The zero-order valence-electron chi connectivity index (χ0n) is 9.83. The van der Waals surface area contributed by atoms with Gasteiger partial charge in [0.15, 0.2) is 5.78 Å². The highest BCUT2D eigenvalue weighted by Crippen LogP contribution is 2.13. The van der Waals surface area contributed by atoms with Crippen molar-refractivity contribution in [2.24, 2.45) is 0 Å². The number of ketones is 1. The van der Waals surface area contributed by atoms with E-state index in [4.69, 9.17) is 4.74 Å². The predicted octanol–water partition coefficient (Wildman–Crippen LogP) is 2.91. The minimum Gasteiger partial charge on any atom is -0.371 e. The Hall–Kier alpha value is -1.15. The lowest BCUT2D eigenvalue weighted by molar-refractivity contribution is 0.0584. The van der Waals surface area contributed by atoms with Gasteiger partial charge in [-0.1, -0.05) is 18.2 Å². The van der Waals surface area contributed by atoms with Crippen molar-refractivity contribution < 1.29 is 9.53 Å². The third kappa shape index (κ3) is 3.17. The van der Waals surface area contributed by atoms with Crippen molar-refractivity contribution in [2.75, 3.05) is 6.61 Å². The Morgan fingerprint density at radius 3 is 2.60 bits per heavy atom. The Balaban J connectivity index is 2.78. The van der Waals surface area contributed by atoms with Gasteiger partial charge in [-0.3, -0.25) is 4.79 Å². The number of ether oxygens (including phenoxy) is 1. The molecule has 0 radical (unpaired) electrons. The lowest BCUT2D eigenvalue weighted by Crippen LogP contribution is -2.14. The first kappa shape index (κ1) is 11.9. The van der Waals surface area contributed by atoms with Crippen LogP contribution in [0.4, 0.5) is 0 Å². The molecule has 0 aliphatic heterocycles. The van der Waals surface area contributed by atoms with Crippen molar-refractivity contribution in [1.82, 2.24) is 0 Å². The van der Waals surface area contributed by atoms with Crippen molar-refractivity contribution in [3.63, 3.8) is 0 Å². The summed E-state index contributed by atoms with van der Waals surface area (Å²) in [6, 6.07) is 5.77. The van der Waals surface area contributed by atoms with Crippen LogP contribution in [0.2, 0.25) is 0 Å². The summed E-state index contributed by atoms with van der Waals surface area (Å²) in [6.45, 7) is 8.00. The molecule has 0 heterocycles. The largest absolute Gasteiger partial charge is 0.371 e. The van der Waals surface area contributed by atoms with Gasteiger partial charge in [0, 0.05) is 5.56 Å².